The van der Waals surface area contributed by atoms with Gasteiger partial charge in [-0.1, -0.05) is 79.2 Å². The summed E-state index contributed by atoms with van der Waals surface area (Å²) < 4.78 is 0. The lowest BCUT2D eigenvalue weighted by atomic mass is 10.00. The SMILES string of the molecule is CCc1ccc(-c2cc(C(=O)N3CCN(Cc4ccccc4)CC3)c3ccc(Cl)c(C)c3n2)cc1. The van der Waals surface area contributed by atoms with Crippen LogP contribution in [0.2, 0.25) is 5.02 Å². The summed E-state index contributed by atoms with van der Waals surface area (Å²) in [5.41, 5.74) is 6.78. The molecule has 3 aromatic carbocycles. The Morgan fingerprint density at radius 1 is 0.914 bits per heavy atom. The number of piperazine rings is 1. The number of benzene rings is 3. The summed E-state index contributed by atoms with van der Waals surface area (Å²) in [7, 11) is 0. The molecule has 4 aromatic rings. The van der Waals surface area contributed by atoms with Crippen LogP contribution in [-0.2, 0) is 13.0 Å². The third-order valence-corrected chi connectivity index (χ3v) is 7.37. The molecule has 5 heteroatoms. The van der Waals surface area contributed by atoms with Gasteiger partial charge in [-0.15, -0.1) is 0 Å². The first-order chi connectivity index (χ1) is 17.0. The number of amides is 1. The van der Waals surface area contributed by atoms with E-state index in [2.05, 4.69) is 60.4 Å². The maximum atomic E-state index is 13.8. The summed E-state index contributed by atoms with van der Waals surface area (Å²) in [5.74, 6) is 0.0601. The topological polar surface area (TPSA) is 36.4 Å². The van der Waals surface area contributed by atoms with Crippen LogP contribution in [0.25, 0.3) is 22.2 Å². The van der Waals surface area contributed by atoms with Crippen LogP contribution in [0, 0.1) is 6.92 Å². The fourth-order valence-corrected chi connectivity index (χ4v) is 4.91. The Morgan fingerprint density at radius 2 is 1.63 bits per heavy atom. The molecule has 0 saturated carbocycles. The van der Waals surface area contributed by atoms with Gasteiger partial charge >= 0.3 is 0 Å². The first-order valence-corrected chi connectivity index (χ1v) is 12.7. The third kappa shape index (κ3) is 4.95. The van der Waals surface area contributed by atoms with Crippen LogP contribution in [0.4, 0.5) is 0 Å². The van der Waals surface area contributed by atoms with E-state index < -0.39 is 0 Å². The predicted molar refractivity (Wildman–Crippen MR) is 144 cm³/mol. The van der Waals surface area contributed by atoms with Crippen molar-refractivity contribution < 1.29 is 4.79 Å². The number of fused-ring (bicyclic) bond motifs is 1. The molecule has 4 nitrogen and oxygen atoms in total. The molecule has 1 amide bonds. The van der Waals surface area contributed by atoms with Crippen molar-refractivity contribution in [3.05, 3.63) is 100 Å². The second-order valence-corrected chi connectivity index (χ2v) is 9.64. The zero-order valence-electron chi connectivity index (χ0n) is 20.3. The molecule has 0 N–H and O–H groups in total. The number of carbonyl (C=O) groups is 1. The number of carbonyl (C=O) groups excluding carboxylic acids is 1. The van der Waals surface area contributed by atoms with Crippen LogP contribution in [0.1, 0.15) is 34.0 Å². The predicted octanol–water partition coefficient (Wildman–Crippen LogP) is 6.38. The van der Waals surface area contributed by atoms with Crippen molar-refractivity contribution in [2.75, 3.05) is 26.2 Å². The Kier molecular flexibility index (Phi) is 6.85. The lowest BCUT2D eigenvalue weighted by Crippen LogP contribution is -2.48. The first kappa shape index (κ1) is 23.5. The highest BCUT2D eigenvalue weighted by molar-refractivity contribution is 6.32. The molecule has 0 atom stereocenters. The zero-order valence-corrected chi connectivity index (χ0v) is 21.1. The van der Waals surface area contributed by atoms with Crippen LogP contribution < -0.4 is 0 Å². The summed E-state index contributed by atoms with van der Waals surface area (Å²) in [6, 6.07) is 24.7. The van der Waals surface area contributed by atoms with Gasteiger partial charge in [-0.05, 0) is 42.2 Å². The fraction of sp³-hybridized carbons (Fsp3) is 0.267. The van der Waals surface area contributed by atoms with E-state index in [-0.39, 0.29) is 5.91 Å². The second kappa shape index (κ2) is 10.2. The lowest BCUT2D eigenvalue weighted by Gasteiger charge is -2.35. The average molecular weight is 484 g/mol. The van der Waals surface area contributed by atoms with Gasteiger partial charge in [0.25, 0.3) is 5.91 Å². The molecular formula is C30H30ClN3O. The van der Waals surface area contributed by atoms with Crippen molar-refractivity contribution in [1.29, 1.82) is 0 Å². The molecule has 1 aromatic heterocycles. The number of rotatable bonds is 5. The molecule has 2 heterocycles. The monoisotopic (exact) mass is 483 g/mol. The molecule has 5 rings (SSSR count). The standard InChI is InChI=1S/C30H30ClN3O/c1-3-22-9-11-24(12-10-22)28-19-26(25-13-14-27(31)21(2)29(25)32-28)30(35)34-17-15-33(16-18-34)20-23-7-5-4-6-8-23/h4-14,19H,3,15-18,20H2,1-2H3. The van der Waals surface area contributed by atoms with Crippen LogP contribution in [0.5, 0.6) is 0 Å². The molecule has 1 aliphatic rings. The molecule has 1 saturated heterocycles. The Hall–Kier alpha value is -3.21. The molecule has 0 unspecified atom stereocenters. The van der Waals surface area contributed by atoms with E-state index in [9.17, 15) is 4.79 Å². The van der Waals surface area contributed by atoms with Gasteiger partial charge in [0.2, 0.25) is 0 Å². The number of aryl methyl sites for hydroxylation is 2. The Morgan fingerprint density at radius 3 is 2.31 bits per heavy atom. The minimum absolute atomic E-state index is 0.0601. The molecule has 0 spiro atoms. The summed E-state index contributed by atoms with van der Waals surface area (Å²) in [4.78, 5) is 23.1. The number of aromatic nitrogens is 1. The molecule has 0 bridgehead atoms. The summed E-state index contributed by atoms with van der Waals surface area (Å²) in [6.07, 6.45) is 0.986. The zero-order chi connectivity index (χ0) is 24.4. The van der Waals surface area contributed by atoms with Crippen molar-refractivity contribution in [1.82, 2.24) is 14.8 Å². The minimum atomic E-state index is 0.0601. The van der Waals surface area contributed by atoms with Crippen LogP contribution in [0.15, 0.2) is 72.8 Å². The molecule has 35 heavy (non-hydrogen) atoms. The highest BCUT2D eigenvalue weighted by Gasteiger charge is 2.25. The Labute approximate surface area is 212 Å². The Balaban J connectivity index is 1.44. The van der Waals surface area contributed by atoms with Gasteiger partial charge in [-0.3, -0.25) is 9.69 Å². The first-order valence-electron chi connectivity index (χ1n) is 12.3. The van der Waals surface area contributed by atoms with Crippen LogP contribution in [0.3, 0.4) is 0 Å². The van der Waals surface area contributed by atoms with Crippen LogP contribution >= 0.6 is 11.6 Å². The largest absolute Gasteiger partial charge is 0.336 e. The number of nitrogens with zero attached hydrogens (tertiary/aromatic N) is 3. The van der Waals surface area contributed by atoms with Crippen molar-refractivity contribution >= 4 is 28.4 Å². The normalized spacial score (nSPS) is 14.4. The molecule has 1 aliphatic heterocycles. The summed E-state index contributed by atoms with van der Waals surface area (Å²) in [6.45, 7) is 8.17. The van der Waals surface area contributed by atoms with E-state index in [1.807, 2.05) is 36.1 Å². The highest BCUT2D eigenvalue weighted by Crippen LogP contribution is 2.31. The summed E-state index contributed by atoms with van der Waals surface area (Å²) >= 11 is 6.45. The number of pyridine rings is 1. The van der Waals surface area contributed by atoms with Gasteiger partial charge in [0.05, 0.1) is 16.8 Å². The van der Waals surface area contributed by atoms with Gasteiger partial charge in [0.1, 0.15) is 0 Å². The van der Waals surface area contributed by atoms with E-state index in [0.717, 1.165) is 53.8 Å². The quantitative estimate of drug-likeness (QED) is 0.330. The number of hydrogen-bond donors (Lipinski definition) is 0. The molecular weight excluding hydrogens is 454 g/mol. The van der Waals surface area contributed by atoms with Gasteiger partial charge < -0.3 is 4.90 Å². The maximum Gasteiger partial charge on any atom is 0.254 e. The van der Waals surface area contributed by atoms with Gasteiger partial charge in [-0.2, -0.15) is 0 Å². The minimum Gasteiger partial charge on any atom is -0.336 e. The van der Waals surface area contributed by atoms with Gasteiger partial charge in [0.15, 0.2) is 0 Å². The molecule has 0 aliphatic carbocycles. The van der Waals surface area contributed by atoms with E-state index in [4.69, 9.17) is 16.6 Å². The van der Waals surface area contributed by atoms with Crippen molar-refractivity contribution in [2.24, 2.45) is 0 Å². The second-order valence-electron chi connectivity index (χ2n) is 9.23. The number of halogens is 1. The fourth-order valence-electron chi connectivity index (χ4n) is 4.76. The van der Waals surface area contributed by atoms with E-state index >= 15 is 0 Å². The average Bonchev–Trinajstić information content (AvgIpc) is 2.91. The maximum absolute atomic E-state index is 13.8. The lowest BCUT2D eigenvalue weighted by molar-refractivity contribution is 0.0630. The van der Waals surface area contributed by atoms with E-state index in [1.165, 1.54) is 11.1 Å². The van der Waals surface area contributed by atoms with E-state index in [0.29, 0.717) is 23.7 Å². The van der Waals surface area contributed by atoms with Crippen molar-refractivity contribution in [3.8, 4) is 11.3 Å². The van der Waals surface area contributed by atoms with Crippen molar-refractivity contribution in [2.45, 2.75) is 26.8 Å². The van der Waals surface area contributed by atoms with Crippen molar-refractivity contribution in [3.63, 3.8) is 0 Å². The van der Waals surface area contributed by atoms with Gasteiger partial charge in [-0.25, -0.2) is 4.98 Å². The number of hydrogen-bond acceptors (Lipinski definition) is 3. The van der Waals surface area contributed by atoms with Crippen LogP contribution in [-0.4, -0.2) is 46.9 Å². The third-order valence-electron chi connectivity index (χ3n) is 6.97. The molecule has 0 radical (unpaired) electrons. The Bertz CT molecular complexity index is 1340. The summed E-state index contributed by atoms with van der Waals surface area (Å²) in [5, 5.41) is 1.52. The van der Waals surface area contributed by atoms with Gasteiger partial charge in [0, 0.05) is 48.7 Å². The highest BCUT2D eigenvalue weighted by atomic mass is 35.5. The van der Waals surface area contributed by atoms with E-state index in [1.54, 1.807) is 0 Å². The smallest absolute Gasteiger partial charge is 0.254 e. The molecule has 178 valence electrons. The molecule has 1 fully saturated rings.